The molecule has 0 aliphatic heterocycles. The molecule has 0 unspecified atom stereocenters. The second-order valence-corrected chi connectivity index (χ2v) is 8.05. The molecule has 0 saturated heterocycles. The summed E-state index contributed by atoms with van der Waals surface area (Å²) >= 11 is 1.72. The van der Waals surface area contributed by atoms with Crippen LogP contribution in [0.15, 0.2) is 35.3 Å². The van der Waals surface area contributed by atoms with Crippen LogP contribution in [0.4, 0.5) is 0 Å². The van der Waals surface area contributed by atoms with Crippen molar-refractivity contribution >= 4 is 41.3 Å². The monoisotopic (exact) mass is 524 g/mol. The number of nitrogens with one attached hydrogen (secondary N) is 2. The Bertz CT molecular complexity index is 975. The Balaban J connectivity index is 0.00000300. The fraction of sp³-hybridized carbons (Fsp3) is 0.381. The Morgan fingerprint density at radius 2 is 1.90 bits per heavy atom. The summed E-state index contributed by atoms with van der Waals surface area (Å²) in [6.07, 6.45) is 0. The predicted molar refractivity (Wildman–Crippen MR) is 132 cm³/mol. The van der Waals surface area contributed by atoms with E-state index in [1.165, 1.54) is 4.88 Å². The number of halogens is 1. The molecule has 6 nitrogen and oxygen atoms in total. The molecule has 0 bridgehead atoms. The first-order valence-electron chi connectivity index (χ1n) is 9.54. The van der Waals surface area contributed by atoms with Gasteiger partial charge >= 0.3 is 0 Å². The van der Waals surface area contributed by atoms with Crippen molar-refractivity contribution in [1.29, 1.82) is 0 Å². The third-order valence-corrected chi connectivity index (χ3v) is 5.47. The Morgan fingerprint density at radius 3 is 2.52 bits per heavy atom. The minimum atomic E-state index is 0. The van der Waals surface area contributed by atoms with Crippen LogP contribution in [0.2, 0.25) is 0 Å². The van der Waals surface area contributed by atoms with Gasteiger partial charge in [0.15, 0.2) is 5.96 Å². The predicted octanol–water partition coefficient (Wildman–Crippen LogP) is 4.44. The maximum atomic E-state index is 4.80. The standard InChI is InChI=1S/C21H28N6S.HI/c1-6-22-21(24-13-20-16(4)25-17(5)28-20)23-12-18-9-7-8-10-19(18)27-15(3)11-14(2)26-27;/h7-11H,6,12-13H2,1-5H3,(H2,22,23,24);1H. The SMILES string of the molecule is CCNC(=NCc1ccccc1-n1nc(C)cc1C)NCc1sc(C)nc1C.I. The number of rotatable bonds is 6. The van der Waals surface area contributed by atoms with Gasteiger partial charge in [0.2, 0.25) is 0 Å². The Labute approximate surface area is 193 Å². The molecule has 8 heteroatoms. The largest absolute Gasteiger partial charge is 0.357 e. The number of nitrogens with zero attached hydrogens (tertiary/aromatic N) is 4. The molecule has 29 heavy (non-hydrogen) atoms. The summed E-state index contributed by atoms with van der Waals surface area (Å²) in [6, 6.07) is 10.4. The summed E-state index contributed by atoms with van der Waals surface area (Å²) in [5.74, 6) is 0.802. The zero-order chi connectivity index (χ0) is 20.1. The molecule has 2 heterocycles. The topological polar surface area (TPSA) is 67.1 Å². The lowest BCUT2D eigenvalue weighted by molar-refractivity contribution is 0.802. The highest BCUT2D eigenvalue weighted by atomic mass is 127. The second kappa shape index (κ2) is 10.7. The maximum Gasteiger partial charge on any atom is 0.191 e. The van der Waals surface area contributed by atoms with Crippen molar-refractivity contribution in [1.82, 2.24) is 25.4 Å². The van der Waals surface area contributed by atoms with E-state index in [2.05, 4.69) is 59.7 Å². The number of para-hydroxylation sites is 1. The van der Waals surface area contributed by atoms with E-state index in [4.69, 9.17) is 4.99 Å². The van der Waals surface area contributed by atoms with Gasteiger partial charge in [-0.3, -0.25) is 0 Å². The molecule has 0 amide bonds. The number of aromatic nitrogens is 3. The van der Waals surface area contributed by atoms with Crippen molar-refractivity contribution in [2.24, 2.45) is 4.99 Å². The van der Waals surface area contributed by atoms with Gasteiger partial charge in [-0.15, -0.1) is 35.3 Å². The molecular weight excluding hydrogens is 495 g/mol. The number of thiazole rings is 1. The van der Waals surface area contributed by atoms with Crippen LogP contribution in [0.5, 0.6) is 0 Å². The number of benzene rings is 1. The quantitative estimate of drug-likeness (QED) is 0.285. The van der Waals surface area contributed by atoms with Crippen molar-refractivity contribution in [3.8, 4) is 5.69 Å². The molecule has 1 aromatic carbocycles. The zero-order valence-electron chi connectivity index (χ0n) is 17.6. The smallest absolute Gasteiger partial charge is 0.191 e. The summed E-state index contributed by atoms with van der Waals surface area (Å²) in [5, 5.41) is 12.5. The lowest BCUT2D eigenvalue weighted by atomic mass is 10.2. The van der Waals surface area contributed by atoms with Gasteiger partial charge in [-0.1, -0.05) is 18.2 Å². The van der Waals surface area contributed by atoms with E-state index < -0.39 is 0 Å². The third kappa shape index (κ3) is 6.02. The average molecular weight is 524 g/mol. The van der Waals surface area contributed by atoms with Gasteiger partial charge < -0.3 is 10.6 Å². The second-order valence-electron chi connectivity index (χ2n) is 6.76. The first-order valence-corrected chi connectivity index (χ1v) is 10.4. The lowest BCUT2D eigenvalue weighted by Gasteiger charge is -2.13. The minimum Gasteiger partial charge on any atom is -0.357 e. The molecule has 0 spiro atoms. The highest BCUT2D eigenvalue weighted by Crippen LogP contribution is 2.18. The Kier molecular flexibility index (Phi) is 8.63. The first-order chi connectivity index (χ1) is 13.5. The highest BCUT2D eigenvalue weighted by molar-refractivity contribution is 14.0. The van der Waals surface area contributed by atoms with Crippen molar-refractivity contribution in [2.45, 2.75) is 47.7 Å². The van der Waals surface area contributed by atoms with Gasteiger partial charge in [0.25, 0.3) is 0 Å². The van der Waals surface area contributed by atoms with Crippen LogP contribution in [-0.4, -0.2) is 27.3 Å². The molecule has 2 N–H and O–H groups in total. The van der Waals surface area contributed by atoms with E-state index in [0.29, 0.717) is 6.54 Å². The van der Waals surface area contributed by atoms with Crippen LogP contribution in [0.3, 0.4) is 0 Å². The van der Waals surface area contributed by atoms with Gasteiger partial charge in [0, 0.05) is 17.1 Å². The van der Waals surface area contributed by atoms with Gasteiger partial charge in [-0.25, -0.2) is 14.7 Å². The highest BCUT2D eigenvalue weighted by Gasteiger charge is 2.09. The Morgan fingerprint density at radius 1 is 1.14 bits per heavy atom. The van der Waals surface area contributed by atoms with Crippen LogP contribution in [0, 0.1) is 27.7 Å². The van der Waals surface area contributed by atoms with E-state index in [1.807, 2.05) is 30.7 Å². The molecule has 156 valence electrons. The fourth-order valence-electron chi connectivity index (χ4n) is 3.13. The minimum absolute atomic E-state index is 0. The van der Waals surface area contributed by atoms with E-state index in [0.717, 1.165) is 52.4 Å². The summed E-state index contributed by atoms with van der Waals surface area (Å²) in [7, 11) is 0. The summed E-state index contributed by atoms with van der Waals surface area (Å²) in [4.78, 5) is 10.5. The van der Waals surface area contributed by atoms with Crippen molar-refractivity contribution in [3.05, 3.63) is 62.9 Å². The lowest BCUT2D eigenvalue weighted by Crippen LogP contribution is -2.36. The average Bonchev–Trinajstić information content (AvgIpc) is 3.17. The van der Waals surface area contributed by atoms with Crippen LogP contribution in [0.1, 0.15) is 39.5 Å². The number of hydrogen-bond donors (Lipinski definition) is 2. The molecule has 0 aliphatic carbocycles. The molecular formula is C21H29IN6S. The molecule has 0 atom stereocenters. The Hall–Kier alpha value is -1.94. The molecule has 0 aliphatic rings. The normalized spacial score (nSPS) is 11.3. The number of aryl methyl sites for hydroxylation is 4. The van der Waals surface area contributed by atoms with E-state index in [1.54, 1.807) is 11.3 Å². The van der Waals surface area contributed by atoms with Gasteiger partial charge in [0.1, 0.15) is 0 Å². The molecule has 3 rings (SSSR count). The molecule has 0 saturated carbocycles. The van der Waals surface area contributed by atoms with Crippen molar-refractivity contribution in [2.75, 3.05) is 6.54 Å². The molecule has 3 aromatic rings. The third-order valence-electron chi connectivity index (χ3n) is 4.40. The molecule has 2 aromatic heterocycles. The zero-order valence-corrected chi connectivity index (χ0v) is 20.8. The van der Waals surface area contributed by atoms with Gasteiger partial charge in [0.05, 0.1) is 35.2 Å². The number of hydrogen-bond acceptors (Lipinski definition) is 4. The summed E-state index contributed by atoms with van der Waals surface area (Å²) in [5.41, 5.74) is 5.43. The maximum absolute atomic E-state index is 4.80. The van der Waals surface area contributed by atoms with Crippen LogP contribution >= 0.6 is 35.3 Å². The summed E-state index contributed by atoms with van der Waals surface area (Å²) in [6.45, 7) is 12.4. The van der Waals surface area contributed by atoms with Gasteiger partial charge in [-0.2, -0.15) is 5.10 Å². The van der Waals surface area contributed by atoms with Gasteiger partial charge in [-0.05, 0) is 52.3 Å². The number of aliphatic imine (C=N–C) groups is 1. The van der Waals surface area contributed by atoms with E-state index in [9.17, 15) is 0 Å². The van der Waals surface area contributed by atoms with Crippen molar-refractivity contribution in [3.63, 3.8) is 0 Å². The fourth-order valence-corrected chi connectivity index (χ4v) is 4.01. The van der Waals surface area contributed by atoms with Crippen LogP contribution in [-0.2, 0) is 13.1 Å². The van der Waals surface area contributed by atoms with Crippen molar-refractivity contribution < 1.29 is 0 Å². The molecule has 0 fully saturated rings. The summed E-state index contributed by atoms with van der Waals surface area (Å²) < 4.78 is 1.99. The number of guanidine groups is 1. The van der Waals surface area contributed by atoms with Crippen LogP contribution in [0.25, 0.3) is 5.69 Å². The first kappa shape index (κ1) is 23.3. The molecule has 0 radical (unpaired) electrons. The van der Waals surface area contributed by atoms with Crippen LogP contribution < -0.4 is 10.6 Å². The van der Waals surface area contributed by atoms with E-state index >= 15 is 0 Å². The van der Waals surface area contributed by atoms with E-state index in [-0.39, 0.29) is 24.0 Å².